The summed E-state index contributed by atoms with van der Waals surface area (Å²) in [7, 11) is 0. The quantitative estimate of drug-likeness (QED) is 0.527. The lowest BCUT2D eigenvalue weighted by atomic mass is 10.1. The molecule has 0 saturated carbocycles. The minimum Gasteiger partial charge on any atom is -0.258 e. The summed E-state index contributed by atoms with van der Waals surface area (Å²) in [6.45, 7) is 0. The van der Waals surface area contributed by atoms with E-state index in [9.17, 15) is 10.1 Å². The first-order valence-electron chi connectivity index (χ1n) is 5.81. The molecule has 5 nitrogen and oxygen atoms in total. The molecule has 0 unspecified atom stereocenters. The van der Waals surface area contributed by atoms with Crippen LogP contribution in [0, 0.1) is 10.1 Å². The first-order chi connectivity index (χ1) is 9.65. The number of aromatic nitrogens is 2. The molecule has 0 saturated heterocycles. The van der Waals surface area contributed by atoms with Crippen molar-refractivity contribution in [1.82, 2.24) is 9.97 Å². The van der Waals surface area contributed by atoms with Crippen LogP contribution in [0.1, 0.15) is 0 Å². The first-order valence-corrected chi connectivity index (χ1v) is 6.60. The Kier molecular flexibility index (Phi) is 3.15. The Morgan fingerprint density at radius 1 is 1.10 bits per heavy atom. The molecular formula is C14H8BrN3O2. The van der Waals surface area contributed by atoms with Gasteiger partial charge in [-0.1, -0.05) is 18.2 Å². The van der Waals surface area contributed by atoms with E-state index in [4.69, 9.17) is 0 Å². The number of halogens is 1. The van der Waals surface area contributed by atoms with Gasteiger partial charge in [-0.3, -0.25) is 15.1 Å². The van der Waals surface area contributed by atoms with Crippen molar-refractivity contribution in [3.8, 4) is 11.3 Å². The Hall–Kier alpha value is -2.34. The van der Waals surface area contributed by atoms with Crippen molar-refractivity contribution in [1.29, 1.82) is 0 Å². The number of hydrogen-bond donors (Lipinski definition) is 0. The van der Waals surface area contributed by atoms with Crippen LogP contribution in [0.25, 0.3) is 22.3 Å². The van der Waals surface area contributed by atoms with Crippen LogP contribution in [-0.2, 0) is 0 Å². The smallest absolute Gasteiger partial charge is 0.258 e. The summed E-state index contributed by atoms with van der Waals surface area (Å²) in [5, 5.41) is 11.0. The average Bonchev–Trinajstić information content (AvgIpc) is 2.47. The van der Waals surface area contributed by atoms with E-state index in [2.05, 4.69) is 25.9 Å². The normalized spacial score (nSPS) is 10.7. The molecule has 0 amide bonds. The second-order valence-electron chi connectivity index (χ2n) is 4.17. The zero-order chi connectivity index (χ0) is 14.1. The maximum atomic E-state index is 11.0. The van der Waals surface area contributed by atoms with Crippen molar-refractivity contribution >= 4 is 32.7 Å². The summed E-state index contributed by atoms with van der Waals surface area (Å²) < 4.78 is 0.444. The third-order valence-corrected chi connectivity index (χ3v) is 3.56. The van der Waals surface area contributed by atoms with Crippen LogP contribution in [0.15, 0.2) is 53.1 Å². The fourth-order valence-electron chi connectivity index (χ4n) is 1.91. The summed E-state index contributed by atoms with van der Waals surface area (Å²) in [5.74, 6) is 0. The minimum atomic E-state index is -0.429. The van der Waals surface area contributed by atoms with Gasteiger partial charge in [0.2, 0.25) is 0 Å². The van der Waals surface area contributed by atoms with E-state index >= 15 is 0 Å². The molecule has 0 aliphatic rings. The van der Waals surface area contributed by atoms with Gasteiger partial charge in [0.05, 0.1) is 32.3 Å². The van der Waals surface area contributed by atoms with Gasteiger partial charge in [0.1, 0.15) is 0 Å². The van der Waals surface area contributed by atoms with Crippen LogP contribution >= 0.6 is 15.9 Å². The highest BCUT2D eigenvalue weighted by atomic mass is 79.9. The lowest BCUT2D eigenvalue weighted by Crippen LogP contribution is -1.92. The van der Waals surface area contributed by atoms with Gasteiger partial charge in [-0.2, -0.15) is 0 Å². The summed E-state index contributed by atoms with van der Waals surface area (Å²) in [4.78, 5) is 19.3. The summed E-state index contributed by atoms with van der Waals surface area (Å²) >= 11 is 3.17. The number of hydrogen-bond acceptors (Lipinski definition) is 4. The van der Waals surface area contributed by atoms with E-state index in [1.807, 2.05) is 24.3 Å². The Labute approximate surface area is 122 Å². The number of nitro benzene ring substituents is 1. The molecule has 0 radical (unpaired) electrons. The molecule has 0 atom stereocenters. The third-order valence-electron chi connectivity index (χ3n) is 2.89. The zero-order valence-corrected chi connectivity index (χ0v) is 11.7. The highest BCUT2D eigenvalue weighted by Crippen LogP contribution is 2.30. The summed E-state index contributed by atoms with van der Waals surface area (Å²) in [5.41, 5.74) is 2.84. The van der Waals surface area contributed by atoms with Crippen molar-refractivity contribution in [3.05, 3.63) is 63.2 Å². The summed E-state index contributed by atoms with van der Waals surface area (Å²) in [6.07, 6.45) is 1.62. The molecule has 0 aliphatic carbocycles. The SMILES string of the molecule is O=[N+]([O-])c1cc(-c2cnc3ccccc3n2)ccc1Br. The van der Waals surface area contributed by atoms with E-state index in [0.717, 1.165) is 11.0 Å². The molecule has 0 N–H and O–H groups in total. The standard InChI is InChI=1S/C14H8BrN3O2/c15-10-6-5-9(7-14(10)18(19)20)13-8-16-11-3-1-2-4-12(11)17-13/h1-8H. The summed E-state index contributed by atoms with van der Waals surface area (Å²) in [6, 6.07) is 12.4. The van der Waals surface area contributed by atoms with E-state index in [1.165, 1.54) is 6.07 Å². The van der Waals surface area contributed by atoms with Crippen LogP contribution in [0.2, 0.25) is 0 Å². The molecule has 2 aromatic carbocycles. The Morgan fingerprint density at radius 2 is 1.85 bits per heavy atom. The molecule has 98 valence electrons. The van der Waals surface area contributed by atoms with E-state index in [0.29, 0.717) is 15.7 Å². The molecule has 3 aromatic rings. The van der Waals surface area contributed by atoms with Gasteiger partial charge in [0.25, 0.3) is 5.69 Å². The zero-order valence-electron chi connectivity index (χ0n) is 10.2. The molecule has 6 heteroatoms. The number of fused-ring (bicyclic) bond motifs is 1. The molecule has 1 heterocycles. The lowest BCUT2D eigenvalue weighted by Gasteiger charge is -2.03. The Bertz CT molecular complexity index is 820. The van der Waals surface area contributed by atoms with Crippen molar-refractivity contribution in [3.63, 3.8) is 0 Å². The molecule has 1 aromatic heterocycles. The minimum absolute atomic E-state index is 0.0115. The molecule has 3 rings (SSSR count). The number of nitro groups is 1. The van der Waals surface area contributed by atoms with E-state index < -0.39 is 4.92 Å². The predicted octanol–water partition coefficient (Wildman–Crippen LogP) is 3.97. The van der Waals surface area contributed by atoms with Crippen molar-refractivity contribution < 1.29 is 4.92 Å². The van der Waals surface area contributed by atoms with Crippen molar-refractivity contribution in [2.75, 3.05) is 0 Å². The fourth-order valence-corrected chi connectivity index (χ4v) is 2.30. The molecule has 0 bridgehead atoms. The highest BCUT2D eigenvalue weighted by Gasteiger charge is 2.14. The largest absolute Gasteiger partial charge is 0.284 e. The third kappa shape index (κ3) is 2.25. The van der Waals surface area contributed by atoms with Crippen molar-refractivity contribution in [2.24, 2.45) is 0 Å². The van der Waals surface area contributed by atoms with Crippen LogP contribution < -0.4 is 0 Å². The first kappa shape index (κ1) is 12.7. The van der Waals surface area contributed by atoms with Gasteiger partial charge in [0, 0.05) is 11.6 Å². The Morgan fingerprint density at radius 3 is 2.60 bits per heavy atom. The number of nitrogens with zero attached hydrogens (tertiary/aromatic N) is 3. The monoisotopic (exact) mass is 329 g/mol. The van der Waals surface area contributed by atoms with Crippen LogP contribution in [0.5, 0.6) is 0 Å². The molecule has 0 fully saturated rings. The maximum Gasteiger partial charge on any atom is 0.284 e. The van der Waals surface area contributed by atoms with Gasteiger partial charge in [-0.05, 0) is 34.1 Å². The fraction of sp³-hybridized carbons (Fsp3) is 0. The number of rotatable bonds is 2. The van der Waals surface area contributed by atoms with Gasteiger partial charge < -0.3 is 0 Å². The van der Waals surface area contributed by atoms with E-state index in [1.54, 1.807) is 18.3 Å². The lowest BCUT2D eigenvalue weighted by molar-refractivity contribution is -0.385. The maximum absolute atomic E-state index is 11.0. The van der Waals surface area contributed by atoms with Crippen molar-refractivity contribution in [2.45, 2.75) is 0 Å². The van der Waals surface area contributed by atoms with Crippen LogP contribution in [0.4, 0.5) is 5.69 Å². The second-order valence-corrected chi connectivity index (χ2v) is 5.02. The number of para-hydroxylation sites is 2. The molecule has 20 heavy (non-hydrogen) atoms. The van der Waals surface area contributed by atoms with Gasteiger partial charge in [-0.25, -0.2) is 4.98 Å². The van der Waals surface area contributed by atoms with Crippen LogP contribution in [0.3, 0.4) is 0 Å². The van der Waals surface area contributed by atoms with Gasteiger partial charge in [-0.15, -0.1) is 0 Å². The van der Waals surface area contributed by atoms with Gasteiger partial charge >= 0.3 is 0 Å². The Balaban J connectivity index is 2.15. The molecular weight excluding hydrogens is 322 g/mol. The molecule has 0 spiro atoms. The topological polar surface area (TPSA) is 68.9 Å². The highest BCUT2D eigenvalue weighted by molar-refractivity contribution is 9.10. The van der Waals surface area contributed by atoms with Crippen LogP contribution in [-0.4, -0.2) is 14.9 Å². The van der Waals surface area contributed by atoms with E-state index in [-0.39, 0.29) is 5.69 Å². The predicted molar refractivity (Wildman–Crippen MR) is 79.3 cm³/mol. The number of benzene rings is 2. The average molecular weight is 330 g/mol. The second kappa shape index (κ2) is 4.97. The molecule has 0 aliphatic heterocycles. The van der Waals surface area contributed by atoms with Gasteiger partial charge in [0.15, 0.2) is 0 Å².